The molecule has 0 unspecified atom stereocenters. The van der Waals surface area contributed by atoms with Crippen LogP contribution in [0, 0.1) is 5.82 Å². The van der Waals surface area contributed by atoms with Crippen LogP contribution in [-0.2, 0) is 19.1 Å². The van der Waals surface area contributed by atoms with E-state index in [1.54, 1.807) is 0 Å². The zero-order chi connectivity index (χ0) is 14.2. The molecule has 0 radical (unpaired) electrons. The molecule has 1 saturated heterocycles. The number of cyclic esters (lactones) is 2. The summed E-state index contributed by atoms with van der Waals surface area (Å²) in [4.78, 5) is 23.3. The average molecular weight is 285 g/mol. The zero-order valence-electron chi connectivity index (χ0n) is 10.2. The summed E-state index contributed by atoms with van der Waals surface area (Å²) in [5, 5.41) is 0.217. The van der Waals surface area contributed by atoms with Gasteiger partial charge >= 0.3 is 11.9 Å². The molecule has 1 fully saturated rings. The van der Waals surface area contributed by atoms with Gasteiger partial charge in [-0.05, 0) is 18.2 Å². The molecule has 0 aliphatic carbocycles. The summed E-state index contributed by atoms with van der Waals surface area (Å²) >= 11 is 5.61. The van der Waals surface area contributed by atoms with E-state index >= 15 is 0 Å². The first kappa shape index (κ1) is 13.5. The lowest BCUT2D eigenvalue weighted by atomic mass is 10.1. The monoisotopic (exact) mass is 284 g/mol. The number of carbonyl (C=O) groups excluding carboxylic acids is 2. The Bertz CT molecular complexity index is 570. The van der Waals surface area contributed by atoms with Gasteiger partial charge in [-0.1, -0.05) is 17.7 Å². The Hall–Kier alpha value is -1.88. The maximum Gasteiger partial charge on any atom is 0.348 e. The van der Waals surface area contributed by atoms with Gasteiger partial charge in [-0.25, -0.2) is 14.0 Å². The molecule has 0 aromatic heterocycles. The minimum atomic E-state index is -1.32. The fourth-order valence-electron chi connectivity index (χ4n) is 1.55. The van der Waals surface area contributed by atoms with Crippen molar-refractivity contribution >= 4 is 29.6 Å². The summed E-state index contributed by atoms with van der Waals surface area (Å²) in [5.41, 5.74) is -0.312. The van der Waals surface area contributed by atoms with Gasteiger partial charge in [0.25, 0.3) is 5.79 Å². The second-order valence-electron chi connectivity index (χ2n) is 4.40. The lowest BCUT2D eigenvalue weighted by molar-refractivity contribution is -0.222. The van der Waals surface area contributed by atoms with Crippen LogP contribution in [0.5, 0.6) is 0 Å². The van der Waals surface area contributed by atoms with Crippen molar-refractivity contribution < 1.29 is 23.5 Å². The highest BCUT2D eigenvalue weighted by Gasteiger charge is 2.38. The molecule has 0 N–H and O–H groups in total. The molecule has 1 heterocycles. The molecule has 100 valence electrons. The van der Waals surface area contributed by atoms with Crippen molar-refractivity contribution in [2.45, 2.75) is 19.6 Å². The van der Waals surface area contributed by atoms with E-state index in [2.05, 4.69) is 0 Å². The predicted octanol–water partition coefficient (Wildman–Crippen LogP) is 2.70. The fourth-order valence-corrected chi connectivity index (χ4v) is 1.71. The number of ether oxygens (including phenoxy) is 2. The number of carbonyl (C=O) groups is 2. The van der Waals surface area contributed by atoms with Crippen LogP contribution < -0.4 is 0 Å². The molecule has 4 nitrogen and oxygen atoms in total. The SMILES string of the molecule is CC1(C)OC(=O)C(=Cc2ccc(Cl)cc2F)C(=O)O1. The van der Waals surface area contributed by atoms with E-state index in [4.69, 9.17) is 21.1 Å². The van der Waals surface area contributed by atoms with E-state index in [0.29, 0.717) is 0 Å². The molecular weight excluding hydrogens is 275 g/mol. The van der Waals surface area contributed by atoms with Crippen molar-refractivity contribution in [2.24, 2.45) is 0 Å². The highest BCUT2D eigenvalue weighted by molar-refractivity contribution is 6.30. The van der Waals surface area contributed by atoms with Crippen LogP contribution >= 0.6 is 11.6 Å². The van der Waals surface area contributed by atoms with E-state index in [0.717, 1.165) is 12.1 Å². The quantitative estimate of drug-likeness (QED) is 0.452. The Kier molecular flexibility index (Phi) is 3.32. The van der Waals surface area contributed by atoms with Crippen LogP contribution in [0.1, 0.15) is 19.4 Å². The van der Waals surface area contributed by atoms with Gasteiger partial charge in [0.1, 0.15) is 11.4 Å². The number of rotatable bonds is 1. The first-order valence-electron chi connectivity index (χ1n) is 5.42. The third-order valence-electron chi connectivity index (χ3n) is 2.38. The predicted molar refractivity (Wildman–Crippen MR) is 65.7 cm³/mol. The summed E-state index contributed by atoms with van der Waals surface area (Å²) in [6.07, 6.45) is 1.07. The Morgan fingerprint density at radius 2 is 1.79 bits per heavy atom. The molecule has 0 bridgehead atoms. The summed E-state index contributed by atoms with van der Waals surface area (Å²) in [7, 11) is 0. The van der Waals surface area contributed by atoms with Gasteiger partial charge in [-0.15, -0.1) is 0 Å². The summed E-state index contributed by atoms with van der Waals surface area (Å²) in [6, 6.07) is 3.88. The van der Waals surface area contributed by atoms with Gasteiger partial charge in [-0.2, -0.15) is 0 Å². The van der Waals surface area contributed by atoms with Crippen LogP contribution in [-0.4, -0.2) is 17.7 Å². The van der Waals surface area contributed by atoms with Gasteiger partial charge in [0.2, 0.25) is 0 Å². The third kappa shape index (κ3) is 2.93. The maximum atomic E-state index is 13.6. The highest BCUT2D eigenvalue weighted by Crippen LogP contribution is 2.25. The molecule has 0 amide bonds. The first-order chi connectivity index (χ1) is 8.78. The largest absolute Gasteiger partial charge is 0.419 e. The number of hydrogen-bond acceptors (Lipinski definition) is 4. The fraction of sp³-hybridized carbons (Fsp3) is 0.231. The van der Waals surface area contributed by atoms with Gasteiger partial charge in [0.05, 0.1) is 0 Å². The van der Waals surface area contributed by atoms with Gasteiger partial charge in [0, 0.05) is 24.4 Å². The number of esters is 2. The van der Waals surface area contributed by atoms with Crippen LogP contribution in [0.25, 0.3) is 6.08 Å². The van der Waals surface area contributed by atoms with Crippen molar-refractivity contribution in [2.75, 3.05) is 0 Å². The Morgan fingerprint density at radius 3 is 2.32 bits per heavy atom. The minimum Gasteiger partial charge on any atom is -0.419 e. The molecule has 1 aliphatic rings. The third-order valence-corrected chi connectivity index (χ3v) is 2.61. The maximum absolute atomic E-state index is 13.6. The topological polar surface area (TPSA) is 52.6 Å². The van der Waals surface area contributed by atoms with E-state index in [-0.39, 0.29) is 16.2 Å². The molecule has 2 rings (SSSR count). The molecular formula is C13H10ClFO4. The second kappa shape index (κ2) is 4.66. The summed E-state index contributed by atoms with van der Waals surface area (Å²) < 4.78 is 23.4. The molecule has 1 aromatic carbocycles. The highest BCUT2D eigenvalue weighted by atomic mass is 35.5. The van der Waals surface area contributed by atoms with Crippen LogP contribution in [0.2, 0.25) is 5.02 Å². The molecule has 6 heteroatoms. The van der Waals surface area contributed by atoms with Crippen molar-refractivity contribution in [3.8, 4) is 0 Å². The van der Waals surface area contributed by atoms with Crippen LogP contribution in [0.4, 0.5) is 4.39 Å². The average Bonchev–Trinajstić information content (AvgIpc) is 2.24. The Labute approximate surface area is 113 Å². The van der Waals surface area contributed by atoms with Gasteiger partial charge in [-0.3, -0.25) is 0 Å². The standard InChI is InChI=1S/C13H10ClFO4/c1-13(2)18-11(16)9(12(17)19-13)5-7-3-4-8(14)6-10(7)15/h3-6H,1-2H3. The molecule has 0 saturated carbocycles. The smallest absolute Gasteiger partial charge is 0.348 e. The minimum absolute atomic E-state index is 0.0491. The Balaban J connectivity index is 2.38. The van der Waals surface area contributed by atoms with Crippen molar-refractivity contribution in [3.63, 3.8) is 0 Å². The summed E-state index contributed by atoms with van der Waals surface area (Å²) in [6.45, 7) is 2.87. The Morgan fingerprint density at radius 1 is 1.21 bits per heavy atom. The molecule has 19 heavy (non-hydrogen) atoms. The van der Waals surface area contributed by atoms with Gasteiger partial charge < -0.3 is 9.47 Å². The number of hydrogen-bond donors (Lipinski definition) is 0. The second-order valence-corrected chi connectivity index (χ2v) is 4.84. The van der Waals surface area contributed by atoms with Crippen molar-refractivity contribution in [1.82, 2.24) is 0 Å². The molecule has 1 aliphatic heterocycles. The van der Waals surface area contributed by atoms with E-state index in [1.807, 2.05) is 0 Å². The number of halogens is 2. The lowest BCUT2D eigenvalue weighted by Crippen LogP contribution is -2.41. The van der Waals surface area contributed by atoms with Crippen LogP contribution in [0.15, 0.2) is 23.8 Å². The zero-order valence-corrected chi connectivity index (χ0v) is 11.0. The van der Waals surface area contributed by atoms with E-state index in [1.165, 1.54) is 26.0 Å². The number of benzene rings is 1. The van der Waals surface area contributed by atoms with Crippen LogP contribution in [0.3, 0.4) is 0 Å². The normalized spacial score (nSPS) is 17.8. The molecule has 0 spiro atoms. The van der Waals surface area contributed by atoms with Gasteiger partial charge in [0.15, 0.2) is 0 Å². The molecule has 0 atom stereocenters. The lowest BCUT2D eigenvalue weighted by Gasteiger charge is -2.29. The van der Waals surface area contributed by atoms with E-state index < -0.39 is 23.5 Å². The molecule has 1 aromatic rings. The summed E-state index contributed by atoms with van der Waals surface area (Å²) in [5.74, 6) is -3.67. The van der Waals surface area contributed by atoms with Crippen molar-refractivity contribution in [1.29, 1.82) is 0 Å². The van der Waals surface area contributed by atoms with E-state index in [9.17, 15) is 14.0 Å². The first-order valence-corrected chi connectivity index (χ1v) is 5.80. The van der Waals surface area contributed by atoms with Crippen molar-refractivity contribution in [3.05, 3.63) is 40.2 Å².